The molecule has 118 valence electrons. The molecule has 1 aliphatic carbocycles. The summed E-state index contributed by atoms with van der Waals surface area (Å²) in [7, 11) is 0. The molecule has 0 radical (unpaired) electrons. The van der Waals surface area contributed by atoms with Gasteiger partial charge in [-0.05, 0) is 59.9 Å². The van der Waals surface area contributed by atoms with Gasteiger partial charge in [-0.15, -0.1) is 0 Å². The van der Waals surface area contributed by atoms with Crippen molar-refractivity contribution in [1.82, 2.24) is 5.32 Å². The third-order valence-electron chi connectivity index (χ3n) is 5.33. The van der Waals surface area contributed by atoms with E-state index in [-0.39, 0.29) is 29.3 Å². The molecule has 0 aromatic carbocycles. The lowest BCUT2D eigenvalue weighted by molar-refractivity contribution is -0.133. The summed E-state index contributed by atoms with van der Waals surface area (Å²) in [6, 6.07) is 2.51. The molecule has 2 rings (SSSR count). The molecule has 21 heavy (non-hydrogen) atoms. The Morgan fingerprint density at radius 1 is 1.52 bits per heavy atom. The van der Waals surface area contributed by atoms with Gasteiger partial charge < -0.3 is 11.1 Å². The minimum absolute atomic E-state index is 0.0378. The Bertz CT molecular complexity index is 469. The predicted molar refractivity (Wildman–Crippen MR) is 89.3 cm³/mol. The number of carbonyl (C=O) groups excluding carboxylic acids is 1. The van der Waals surface area contributed by atoms with Gasteiger partial charge in [-0.2, -0.15) is 11.3 Å². The summed E-state index contributed by atoms with van der Waals surface area (Å²) in [5.74, 6) is 0.632. The highest BCUT2D eigenvalue weighted by molar-refractivity contribution is 7.07. The van der Waals surface area contributed by atoms with Gasteiger partial charge in [-0.25, -0.2) is 0 Å². The molecule has 0 saturated heterocycles. The lowest BCUT2D eigenvalue weighted by Crippen LogP contribution is -2.52. The normalized spacial score (nSPS) is 29.9. The highest BCUT2D eigenvalue weighted by Crippen LogP contribution is 2.44. The first kappa shape index (κ1) is 16.5. The van der Waals surface area contributed by atoms with E-state index in [1.807, 2.05) is 0 Å². The summed E-state index contributed by atoms with van der Waals surface area (Å²) < 4.78 is 0. The van der Waals surface area contributed by atoms with E-state index in [4.69, 9.17) is 5.73 Å². The summed E-state index contributed by atoms with van der Waals surface area (Å²) in [6.45, 7) is 8.63. The van der Waals surface area contributed by atoms with E-state index in [9.17, 15) is 4.79 Å². The van der Waals surface area contributed by atoms with Crippen LogP contribution in [0.3, 0.4) is 0 Å². The first-order chi connectivity index (χ1) is 9.82. The minimum Gasteiger partial charge on any atom is -0.353 e. The van der Waals surface area contributed by atoms with Gasteiger partial charge in [0.25, 0.3) is 0 Å². The summed E-state index contributed by atoms with van der Waals surface area (Å²) in [5, 5.41) is 7.43. The Balaban J connectivity index is 1.96. The molecule has 0 bridgehead atoms. The van der Waals surface area contributed by atoms with Crippen LogP contribution in [0.4, 0.5) is 0 Å². The van der Waals surface area contributed by atoms with Crippen LogP contribution in [0.2, 0.25) is 0 Å². The quantitative estimate of drug-likeness (QED) is 0.897. The predicted octanol–water partition coefficient (Wildman–Crippen LogP) is 3.19. The third kappa shape index (κ3) is 3.67. The molecule has 4 atom stereocenters. The van der Waals surface area contributed by atoms with Crippen molar-refractivity contribution in [3.63, 3.8) is 0 Å². The van der Waals surface area contributed by atoms with E-state index in [1.54, 1.807) is 11.3 Å². The minimum atomic E-state index is -0.0378. The van der Waals surface area contributed by atoms with Gasteiger partial charge in [0.1, 0.15) is 0 Å². The van der Waals surface area contributed by atoms with Crippen LogP contribution in [0.25, 0.3) is 0 Å². The van der Waals surface area contributed by atoms with Crippen LogP contribution < -0.4 is 11.1 Å². The van der Waals surface area contributed by atoms with Crippen molar-refractivity contribution in [3.8, 4) is 0 Å². The monoisotopic (exact) mass is 308 g/mol. The van der Waals surface area contributed by atoms with Crippen LogP contribution in [0, 0.1) is 17.3 Å². The van der Waals surface area contributed by atoms with E-state index in [1.165, 1.54) is 5.56 Å². The molecule has 1 saturated carbocycles. The summed E-state index contributed by atoms with van der Waals surface area (Å²) in [6.07, 6.45) is 2.74. The third-order valence-corrected chi connectivity index (χ3v) is 6.06. The smallest absolute Gasteiger partial charge is 0.223 e. The Morgan fingerprint density at radius 3 is 2.86 bits per heavy atom. The second kappa shape index (κ2) is 6.49. The Kier molecular flexibility index (Phi) is 5.10. The van der Waals surface area contributed by atoms with E-state index < -0.39 is 0 Å². The van der Waals surface area contributed by atoms with Gasteiger partial charge in [-0.3, -0.25) is 4.79 Å². The first-order valence-electron chi connectivity index (χ1n) is 7.89. The summed E-state index contributed by atoms with van der Waals surface area (Å²) in [5.41, 5.74) is 7.44. The number of hydrogen-bond donors (Lipinski definition) is 2. The van der Waals surface area contributed by atoms with E-state index in [0.29, 0.717) is 5.92 Å². The van der Waals surface area contributed by atoms with Crippen LogP contribution in [-0.2, 0) is 11.2 Å². The number of carbonyl (C=O) groups is 1. The molecular weight excluding hydrogens is 280 g/mol. The summed E-state index contributed by atoms with van der Waals surface area (Å²) >= 11 is 1.70. The maximum atomic E-state index is 12.7. The van der Waals surface area contributed by atoms with E-state index in [0.717, 1.165) is 19.3 Å². The van der Waals surface area contributed by atoms with Gasteiger partial charge in [-0.1, -0.05) is 20.8 Å². The number of nitrogens with one attached hydrogen (secondary N) is 1. The molecule has 1 aliphatic rings. The maximum absolute atomic E-state index is 12.7. The van der Waals surface area contributed by atoms with Crippen molar-refractivity contribution in [2.24, 2.45) is 23.0 Å². The Morgan fingerprint density at radius 2 is 2.24 bits per heavy atom. The van der Waals surface area contributed by atoms with Crippen LogP contribution >= 0.6 is 11.3 Å². The van der Waals surface area contributed by atoms with Crippen molar-refractivity contribution in [2.45, 2.75) is 59.0 Å². The second-order valence-electron chi connectivity index (χ2n) is 7.15. The van der Waals surface area contributed by atoms with Gasteiger partial charge in [0.05, 0.1) is 0 Å². The molecule has 1 fully saturated rings. The van der Waals surface area contributed by atoms with Crippen molar-refractivity contribution >= 4 is 17.2 Å². The molecule has 3 N–H and O–H groups in total. The fraction of sp³-hybridized carbons (Fsp3) is 0.706. The van der Waals surface area contributed by atoms with Crippen LogP contribution in [0.15, 0.2) is 16.8 Å². The van der Waals surface area contributed by atoms with Crippen molar-refractivity contribution in [3.05, 3.63) is 22.4 Å². The molecule has 0 aliphatic heterocycles. The zero-order valence-corrected chi connectivity index (χ0v) is 14.4. The number of thiophene rings is 1. The number of nitrogens with two attached hydrogens (primary N) is 1. The van der Waals surface area contributed by atoms with Gasteiger partial charge in [0, 0.05) is 18.0 Å². The number of hydrogen-bond acceptors (Lipinski definition) is 3. The SMILES string of the molecule is CC(Cc1ccsc1)NC(=O)C1CCC(N)C(C)C1(C)C. The second-order valence-corrected chi connectivity index (χ2v) is 7.93. The number of rotatable bonds is 4. The fourth-order valence-electron chi connectivity index (χ4n) is 3.48. The maximum Gasteiger partial charge on any atom is 0.223 e. The Hall–Kier alpha value is -0.870. The van der Waals surface area contributed by atoms with Gasteiger partial charge in [0.15, 0.2) is 0 Å². The molecule has 4 unspecified atom stereocenters. The average molecular weight is 308 g/mol. The fourth-order valence-corrected chi connectivity index (χ4v) is 4.16. The standard InChI is InChI=1S/C17H28N2OS/c1-11(9-13-7-8-21-10-13)19-16(20)14-5-6-15(18)12(2)17(14,3)4/h7-8,10-12,14-15H,5-6,9,18H2,1-4H3,(H,19,20). The van der Waals surface area contributed by atoms with Crippen LogP contribution in [0.5, 0.6) is 0 Å². The molecule has 0 spiro atoms. The Labute approximate surface area is 132 Å². The van der Waals surface area contributed by atoms with Crippen molar-refractivity contribution < 1.29 is 4.79 Å². The molecule has 1 amide bonds. The van der Waals surface area contributed by atoms with E-state index >= 15 is 0 Å². The lowest BCUT2D eigenvalue weighted by Gasteiger charge is -2.46. The van der Waals surface area contributed by atoms with Crippen molar-refractivity contribution in [1.29, 1.82) is 0 Å². The topological polar surface area (TPSA) is 55.1 Å². The van der Waals surface area contributed by atoms with Gasteiger partial charge >= 0.3 is 0 Å². The van der Waals surface area contributed by atoms with Crippen LogP contribution in [0.1, 0.15) is 46.1 Å². The average Bonchev–Trinajstić information content (AvgIpc) is 2.88. The number of amides is 1. The van der Waals surface area contributed by atoms with Crippen LogP contribution in [-0.4, -0.2) is 18.0 Å². The molecular formula is C17H28N2OS. The zero-order valence-electron chi connectivity index (χ0n) is 13.6. The zero-order chi connectivity index (χ0) is 15.6. The van der Waals surface area contributed by atoms with Gasteiger partial charge in [0.2, 0.25) is 5.91 Å². The molecule has 3 nitrogen and oxygen atoms in total. The highest BCUT2D eigenvalue weighted by Gasteiger charge is 2.45. The first-order valence-corrected chi connectivity index (χ1v) is 8.83. The van der Waals surface area contributed by atoms with Crippen molar-refractivity contribution in [2.75, 3.05) is 0 Å². The molecule has 1 heterocycles. The lowest BCUT2D eigenvalue weighted by atomic mass is 9.61. The highest BCUT2D eigenvalue weighted by atomic mass is 32.1. The molecule has 4 heteroatoms. The molecule has 1 aromatic heterocycles. The van der Waals surface area contributed by atoms with E-state index in [2.05, 4.69) is 49.8 Å². The summed E-state index contributed by atoms with van der Waals surface area (Å²) in [4.78, 5) is 12.7. The largest absolute Gasteiger partial charge is 0.353 e. The molecule has 1 aromatic rings.